The maximum Gasteiger partial charge on any atom is 0.188 e. The summed E-state index contributed by atoms with van der Waals surface area (Å²) in [6.45, 7) is 4.99. The Hall–Kier alpha value is -0.890. The third-order valence-corrected chi connectivity index (χ3v) is 3.56. The average Bonchev–Trinajstić information content (AvgIpc) is 2.49. The van der Waals surface area contributed by atoms with E-state index in [0.717, 1.165) is 31.7 Å². The molecule has 118 valence electrons. The van der Waals surface area contributed by atoms with Gasteiger partial charge in [0.15, 0.2) is 5.96 Å². The van der Waals surface area contributed by atoms with Crippen molar-refractivity contribution in [3.05, 3.63) is 30.1 Å². The van der Waals surface area contributed by atoms with E-state index in [1.54, 1.807) is 0 Å². The lowest BCUT2D eigenvalue weighted by Gasteiger charge is -2.25. The monoisotopic (exact) mass is 403 g/mol. The molecule has 0 saturated carbocycles. The standard InChI is InChI=1S/C15H25N5.HI/c16-15(18-9-7-14-6-2-3-8-17-14)19-10-13-20-11-4-1-5-12-20;/h2-3,6,8H,1,4-5,7,9-13H2,(H3,16,18,19);1H. The fourth-order valence-corrected chi connectivity index (χ4v) is 2.42. The number of likely N-dealkylation sites (tertiary alicyclic amines) is 1. The summed E-state index contributed by atoms with van der Waals surface area (Å²) in [5.74, 6) is 0.540. The summed E-state index contributed by atoms with van der Waals surface area (Å²) in [4.78, 5) is 11.1. The van der Waals surface area contributed by atoms with E-state index in [2.05, 4.69) is 20.2 Å². The number of guanidine groups is 1. The largest absolute Gasteiger partial charge is 0.370 e. The molecule has 21 heavy (non-hydrogen) atoms. The van der Waals surface area contributed by atoms with Crippen molar-refractivity contribution in [1.82, 2.24) is 15.2 Å². The Morgan fingerprint density at radius 1 is 1.29 bits per heavy atom. The summed E-state index contributed by atoms with van der Waals surface area (Å²) in [7, 11) is 0. The molecular weight excluding hydrogens is 377 g/mol. The maximum absolute atomic E-state index is 5.85. The number of piperidine rings is 1. The summed E-state index contributed by atoms with van der Waals surface area (Å²) in [5.41, 5.74) is 6.92. The van der Waals surface area contributed by atoms with E-state index in [-0.39, 0.29) is 24.0 Å². The first-order valence-electron chi connectivity index (χ1n) is 7.50. The van der Waals surface area contributed by atoms with Crippen LogP contribution in [0.4, 0.5) is 0 Å². The molecule has 3 N–H and O–H groups in total. The van der Waals surface area contributed by atoms with Crippen LogP contribution in [0.25, 0.3) is 0 Å². The van der Waals surface area contributed by atoms with Gasteiger partial charge in [-0.2, -0.15) is 0 Å². The van der Waals surface area contributed by atoms with Gasteiger partial charge in [0, 0.05) is 31.4 Å². The van der Waals surface area contributed by atoms with Crippen molar-refractivity contribution >= 4 is 29.9 Å². The molecule has 2 rings (SSSR count). The van der Waals surface area contributed by atoms with Gasteiger partial charge in [0.05, 0.1) is 6.54 Å². The summed E-state index contributed by atoms with van der Waals surface area (Å²) in [6, 6.07) is 5.94. The second-order valence-electron chi connectivity index (χ2n) is 5.17. The smallest absolute Gasteiger partial charge is 0.188 e. The van der Waals surface area contributed by atoms with Gasteiger partial charge in [-0.15, -0.1) is 24.0 Å². The molecule has 6 heteroatoms. The highest BCUT2D eigenvalue weighted by atomic mass is 127. The number of pyridine rings is 1. The second kappa shape index (κ2) is 10.8. The van der Waals surface area contributed by atoms with Gasteiger partial charge in [-0.05, 0) is 38.1 Å². The molecule has 0 spiro atoms. The van der Waals surface area contributed by atoms with E-state index in [1.807, 2.05) is 24.4 Å². The van der Waals surface area contributed by atoms with E-state index in [9.17, 15) is 0 Å². The molecule has 0 aromatic carbocycles. The highest BCUT2D eigenvalue weighted by Gasteiger charge is 2.08. The third-order valence-electron chi connectivity index (χ3n) is 3.56. The number of aromatic nitrogens is 1. The van der Waals surface area contributed by atoms with Crippen LogP contribution >= 0.6 is 24.0 Å². The van der Waals surface area contributed by atoms with Crippen molar-refractivity contribution in [2.24, 2.45) is 10.7 Å². The summed E-state index contributed by atoms with van der Waals surface area (Å²) in [5, 5.41) is 3.14. The lowest BCUT2D eigenvalue weighted by Crippen LogP contribution is -2.35. The zero-order valence-electron chi connectivity index (χ0n) is 12.5. The molecule has 0 amide bonds. The SMILES string of the molecule is I.NC(=NCCN1CCCCC1)NCCc1ccccn1. The number of hydrogen-bond acceptors (Lipinski definition) is 3. The number of hydrogen-bond donors (Lipinski definition) is 2. The quantitative estimate of drug-likeness (QED) is 0.431. The molecule has 2 heterocycles. The fourth-order valence-electron chi connectivity index (χ4n) is 2.42. The van der Waals surface area contributed by atoms with E-state index in [4.69, 9.17) is 5.73 Å². The molecule has 1 aliphatic heterocycles. The van der Waals surface area contributed by atoms with Crippen LogP contribution in [0.3, 0.4) is 0 Å². The van der Waals surface area contributed by atoms with Gasteiger partial charge in [-0.25, -0.2) is 0 Å². The van der Waals surface area contributed by atoms with E-state index in [0.29, 0.717) is 5.96 Å². The number of nitrogens with one attached hydrogen (secondary N) is 1. The number of halogens is 1. The van der Waals surface area contributed by atoms with E-state index >= 15 is 0 Å². The van der Waals surface area contributed by atoms with Gasteiger partial charge in [-0.1, -0.05) is 12.5 Å². The normalized spacial score (nSPS) is 16.3. The fraction of sp³-hybridized carbons (Fsp3) is 0.600. The Morgan fingerprint density at radius 2 is 2.10 bits per heavy atom. The van der Waals surface area contributed by atoms with Crippen LogP contribution < -0.4 is 11.1 Å². The number of nitrogens with two attached hydrogens (primary N) is 1. The van der Waals surface area contributed by atoms with Crippen LogP contribution in [-0.4, -0.2) is 48.6 Å². The Balaban J connectivity index is 0.00000220. The van der Waals surface area contributed by atoms with Crippen molar-refractivity contribution in [2.75, 3.05) is 32.7 Å². The van der Waals surface area contributed by atoms with Crippen molar-refractivity contribution in [3.8, 4) is 0 Å². The first kappa shape index (κ1) is 18.2. The minimum atomic E-state index is 0. The zero-order valence-corrected chi connectivity index (χ0v) is 14.8. The van der Waals surface area contributed by atoms with Crippen molar-refractivity contribution in [1.29, 1.82) is 0 Å². The van der Waals surface area contributed by atoms with Crippen LogP contribution in [0, 0.1) is 0 Å². The lowest BCUT2D eigenvalue weighted by molar-refractivity contribution is 0.235. The van der Waals surface area contributed by atoms with Crippen LogP contribution in [0.5, 0.6) is 0 Å². The molecule has 0 bridgehead atoms. The molecule has 0 atom stereocenters. The van der Waals surface area contributed by atoms with Gasteiger partial charge < -0.3 is 16.0 Å². The van der Waals surface area contributed by atoms with Gasteiger partial charge >= 0.3 is 0 Å². The molecule has 1 aliphatic rings. The number of nitrogens with zero attached hydrogens (tertiary/aromatic N) is 3. The highest BCUT2D eigenvalue weighted by molar-refractivity contribution is 14.0. The van der Waals surface area contributed by atoms with Crippen molar-refractivity contribution in [3.63, 3.8) is 0 Å². The van der Waals surface area contributed by atoms with Crippen molar-refractivity contribution < 1.29 is 0 Å². The van der Waals surface area contributed by atoms with Crippen LogP contribution in [0.15, 0.2) is 29.4 Å². The number of aliphatic imine (C=N–C) groups is 1. The first-order chi connectivity index (χ1) is 9.84. The molecule has 5 nitrogen and oxygen atoms in total. The molecule has 1 aromatic heterocycles. The number of rotatable bonds is 6. The molecule has 1 aromatic rings. The predicted molar refractivity (Wildman–Crippen MR) is 98.1 cm³/mol. The van der Waals surface area contributed by atoms with Gasteiger partial charge in [-0.3, -0.25) is 9.98 Å². The highest BCUT2D eigenvalue weighted by Crippen LogP contribution is 2.07. The first-order valence-corrected chi connectivity index (χ1v) is 7.50. The Bertz CT molecular complexity index is 404. The zero-order chi connectivity index (χ0) is 14.0. The average molecular weight is 403 g/mol. The molecule has 0 aliphatic carbocycles. The molecular formula is C15H26IN5. The predicted octanol–water partition coefficient (Wildman–Crippen LogP) is 1.63. The summed E-state index contributed by atoms with van der Waals surface area (Å²) in [6.07, 6.45) is 6.69. The Kier molecular flexibility index (Phi) is 9.32. The minimum Gasteiger partial charge on any atom is -0.370 e. The summed E-state index contributed by atoms with van der Waals surface area (Å²) >= 11 is 0. The molecule has 0 unspecified atom stereocenters. The van der Waals surface area contributed by atoms with E-state index in [1.165, 1.54) is 32.4 Å². The minimum absolute atomic E-state index is 0. The lowest BCUT2D eigenvalue weighted by atomic mass is 10.1. The van der Waals surface area contributed by atoms with Crippen molar-refractivity contribution in [2.45, 2.75) is 25.7 Å². The van der Waals surface area contributed by atoms with Crippen LogP contribution in [-0.2, 0) is 6.42 Å². The van der Waals surface area contributed by atoms with E-state index < -0.39 is 0 Å². The third kappa shape index (κ3) is 7.61. The second-order valence-corrected chi connectivity index (χ2v) is 5.17. The van der Waals surface area contributed by atoms with Gasteiger partial charge in [0.1, 0.15) is 0 Å². The maximum atomic E-state index is 5.85. The van der Waals surface area contributed by atoms with Gasteiger partial charge in [0.2, 0.25) is 0 Å². The van der Waals surface area contributed by atoms with Crippen LogP contribution in [0.2, 0.25) is 0 Å². The topological polar surface area (TPSA) is 66.5 Å². The molecule has 0 radical (unpaired) electrons. The summed E-state index contributed by atoms with van der Waals surface area (Å²) < 4.78 is 0. The van der Waals surface area contributed by atoms with Crippen LogP contribution in [0.1, 0.15) is 25.0 Å². The molecule has 1 fully saturated rings. The van der Waals surface area contributed by atoms with Gasteiger partial charge in [0.25, 0.3) is 0 Å². The Morgan fingerprint density at radius 3 is 2.81 bits per heavy atom. The molecule has 1 saturated heterocycles. The Labute approximate surface area is 144 Å².